The maximum absolute atomic E-state index is 11.3. The summed E-state index contributed by atoms with van der Waals surface area (Å²) in [6.07, 6.45) is 3.52. The highest BCUT2D eigenvalue weighted by Crippen LogP contribution is 2.50. The molecule has 3 heteroatoms. The van der Waals surface area contributed by atoms with E-state index >= 15 is 0 Å². The van der Waals surface area contributed by atoms with Crippen molar-refractivity contribution in [1.82, 2.24) is 4.90 Å². The van der Waals surface area contributed by atoms with Crippen molar-refractivity contribution in [3.63, 3.8) is 0 Å². The standard InChI is InChI=1S/C14H23NO2/c1-5-9-6-10-8-15(13(16)17)12(11(10)7-9)14(2,3)4/h5,9-12H,1,6-8H2,2-4H3,(H,16,17)/t9-,10+,11+,12?/m1/s1. The Morgan fingerprint density at radius 1 is 1.41 bits per heavy atom. The van der Waals surface area contributed by atoms with Crippen molar-refractivity contribution in [3.8, 4) is 0 Å². The SMILES string of the molecule is C=C[C@@H]1C[C@H]2CN(C(=O)O)C(C(C)(C)C)[C@H]2C1. The van der Waals surface area contributed by atoms with Crippen molar-refractivity contribution in [1.29, 1.82) is 0 Å². The van der Waals surface area contributed by atoms with Gasteiger partial charge in [0.05, 0.1) is 0 Å². The van der Waals surface area contributed by atoms with Crippen molar-refractivity contribution in [2.75, 3.05) is 6.54 Å². The van der Waals surface area contributed by atoms with Crippen LogP contribution in [0, 0.1) is 23.2 Å². The molecule has 0 aromatic heterocycles. The molecule has 0 spiro atoms. The van der Waals surface area contributed by atoms with Crippen LogP contribution in [0.25, 0.3) is 0 Å². The smallest absolute Gasteiger partial charge is 0.407 e. The summed E-state index contributed by atoms with van der Waals surface area (Å²) in [5.74, 6) is 1.65. The fourth-order valence-electron chi connectivity index (χ4n) is 3.90. The fraction of sp³-hybridized carbons (Fsp3) is 0.786. The first kappa shape index (κ1) is 12.5. The van der Waals surface area contributed by atoms with Gasteiger partial charge < -0.3 is 10.0 Å². The minimum Gasteiger partial charge on any atom is -0.465 e. The van der Waals surface area contributed by atoms with Crippen LogP contribution in [0.2, 0.25) is 0 Å². The first-order valence-electron chi connectivity index (χ1n) is 6.46. The van der Waals surface area contributed by atoms with E-state index in [-0.39, 0.29) is 11.5 Å². The van der Waals surface area contributed by atoms with Crippen molar-refractivity contribution < 1.29 is 9.90 Å². The molecule has 2 fully saturated rings. The zero-order chi connectivity index (χ0) is 12.8. The molecule has 1 aliphatic heterocycles. The van der Waals surface area contributed by atoms with Crippen LogP contribution in [0.4, 0.5) is 4.79 Å². The van der Waals surface area contributed by atoms with E-state index in [4.69, 9.17) is 0 Å². The number of allylic oxidation sites excluding steroid dienone is 1. The quantitative estimate of drug-likeness (QED) is 0.711. The molecule has 17 heavy (non-hydrogen) atoms. The minimum atomic E-state index is -0.755. The second-order valence-corrected chi connectivity index (χ2v) is 6.64. The number of carbonyl (C=O) groups is 1. The van der Waals surface area contributed by atoms with E-state index in [0.29, 0.717) is 24.3 Å². The zero-order valence-corrected chi connectivity index (χ0v) is 11.0. The molecule has 0 bridgehead atoms. The van der Waals surface area contributed by atoms with E-state index in [1.807, 2.05) is 6.08 Å². The van der Waals surface area contributed by atoms with Gasteiger partial charge in [0, 0.05) is 12.6 Å². The number of hydrogen-bond donors (Lipinski definition) is 1. The number of hydrogen-bond acceptors (Lipinski definition) is 1. The molecule has 3 nitrogen and oxygen atoms in total. The van der Waals surface area contributed by atoms with Crippen molar-refractivity contribution >= 4 is 6.09 Å². The predicted molar refractivity (Wildman–Crippen MR) is 67.9 cm³/mol. The Morgan fingerprint density at radius 3 is 2.53 bits per heavy atom. The Morgan fingerprint density at radius 2 is 2.06 bits per heavy atom. The molecule has 1 aliphatic carbocycles. The first-order chi connectivity index (χ1) is 7.84. The van der Waals surface area contributed by atoms with E-state index in [2.05, 4.69) is 27.4 Å². The lowest BCUT2D eigenvalue weighted by Crippen LogP contribution is -2.45. The molecule has 96 valence electrons. The largest absolute Gasteiger partial charge is 0.465 e. The summed E-state index contributed by atoms with van der Waals surface area (Å²) < 4.78 is 0. The highest BCUT2D eigenvalue weighted by molar-refractivity contribution is 5.66. The van der Waals surface area contributed by atoms with Crippen LogP contribution in [0.15, 0.2) is 12.7 Å². The predicted octanol–water partition coefficient (Wildman–Crippen LogP) is 3.22. The van der Waals surface area contributed by atoms with Crippen LogP contribution in [0.5, 0.6) is 0 Å². The molecule has 4 atom stereocenters. The molecular formula is C14H23NO2. The molecule has 2 aliphatic rings. The number of nitrogens with zero attached hydrogens (tertiary/aromatic N) is 1. The summed E-state index contributed by atoms with van der Waals surface area (Å²) in [4.78, 5) is 13.0. The maximum Gasteiger partial charge on any atom is 0.407 e. The van der Waals surface area contributed by atoms with Gasteiger partial charge >= 0.3 is 6.09 Å². The summed E-state index contributed by atoms with van der Waals surface area (Å²) in [6, 6.07) is 0.162. The zero-order valence-electron chi connectivity index (χ0n) is 11.0. The van der Waals surface area contributed by atoms with Gasteiger partial charge in [0.25, 0.3) is 0 Å². The number of fused-ring (bicyclic) bond motifs is 1. The lowest BCUT2D eigenvalue weighted by Gasteiger charge is -2.37. The lowest BCUT2D eigenvalue weighted by atomic mass is 9.77. The third kappa shape index (κ3) is 2.07. The summed E-state index contributed by atoms with van der Waals surface area (Å²) in [5, 5.41) is 9.33. The number of rotatable bonds is 1. The topological polar surface area (TPSA) is 40.5 Å². The summed E-state index contributed by atoms with van der Waals surface area (Å²) in [7, 11) is 0. The molecule has 2 rings (SSSR count). The molecule has 0 radical (unpaired) electrons. The number of likely N-dealkylation sites (tertiary alicyclic amines) is 1. The van der Waals surface area contributed by atoms with E-state index in [9.17, 15) is 9.90 Å². The molecule has 1 heterocycles. The molecule has 0 aromatic rings. The monoisotopic (exact) mass is 237 g/mol. The second-order valence-electron chi connectivity index (χ2n) is 6.64. The second kappa shape index (κ2) is 4.04. The van der Waals surface area contributed by atoms with Crippen molar-refractivity contribution in [2.45, 2.75) is 39.7 Å². The molecule has 1 N–H and O–H groups in total. The minimum absolute atomic E-state index is 0.0217. The highest BCUT2D eigenvalue weighted by atomic mass is 16.4. The van der Waals surface area contributed by atoms with Crippen LogP contribution in [0.1, 0.15) is 33.6 Å². The summed E-state index contributed by atoms with van der Waals surface area (Å²) >= 11 is 0. The van der Waals surface area contributed by atoms with Gasteiger partial charge in [-0.2, -0.15) is 0 Å². The normalized spacial score (nSPS) is 37.0. The fourth-order valence-corrected chi connectivity index (χ4v) is 3.90. The molecule has 1 saturated carbocycles. The van der Waals surface area contributed by atoms with E-state index in [1.54, 1.807) is 4.90 Å². The van der Waals surface area contributed by atoms with Gasteiger partial charge in [0.1, 0.15) is 0 Å². The van der Waals surface area contributed by atoms with Gasteiger partial charge in [-0.3, -0.25) is 0 Å². The molecule has 1 unspecified atom stereocenters. The third-order valence-electron chi connectivity index (χ3n) is 4.42. The number of carboxylic acid groups (broad SMARTS) is 1. The molecule has 1 amide bonds. The Bertz CT molecular complexity index is 332. The Labute approximate surface area is 103 Å². The van der Waals surface area contributed by atoms with Crippen LogP contribution in [0.3, 0.4) is 0 Å². The van der Waals surface area contributed by atoms with Gasteiger partial charge in [0.15, 0.2) is 0 Å². The van der Waals surface area contributed by atoms with E-state index in [1.165, 1.54) is 0 Å². The van der Waals surface area contributed by atoms with Gasteiger partial charge in [-0.05, 0) is 36.0 Å². The lowest BCUT2D eigenvalue weighted by molar-refractivity contribution is 0.0888. The van der Waals surface area contributed by atoms with E-state index in [0.717, 1.165) is 12.8 Å². The van der Waals surface area contributed by atoms with Gasteiger partial charge in [0.2, 0.25) is 0 Å². The first-order valence-corrected chi connectivity index (χ1v) is 6.46. The van der Waals surface area contributed by atoms with Crippen molar-refractivity contribution in [3.05, 3.63) is 12.7 Å². The Balaban J connectivity index is 2.24. The maximum atomic E-state index is 11.3. The molecule has 1 saturated heterocycles. The third-order valence-corrected chi connectivity index (χ3v) is 4.42. The van der Waals surface area contributed by atoms with Crippen LogP contribution < -0.4 is 0 Å². The van der Waals surface area contributed by atoms with E-state index < -0.39 is 6.09 Å². The average Bonchev–Trinajstić information content (AvgIpc) is 2.69. The van der Waals surface area contributed by atoms with Gasteiger partial charge in [-0.25, -0.2) is 4.79 Å². The summed E-state index contributed by atoms with van der Waals surface area (Å²) in [6.45, 7) is 11.0. The summed E-state index contributed by atoms with van der Waals surface area (Å²) in [5.41, 5.74) is 0.0217. The molecule has 0 aromatic carbocycles. The highest BCUT2D eigenvalue weighted by Gasteiger charge is 2.52. The van der Waals surface area contributed by atoms with Crippen LogP contribution >= 0.6 is 0 Å². The van der Waals surface area contributed by atoms with Gasteiger partial charge in [-0.15, -0.1) is 6.58 Å². The molecular weight excluding hydrogens is 214 g/mol. The van der Waals surface area contributed by atoms with Crippen LogP contribution in [-0.2, 0) is 0 Å². The van der Waals surface area contributed by atoms with Crippen LogP contribution in [-0.4, -0.2) is 28.7 Å². The average molecular weight is 237 g/mol. The van der Waals surface area contributed by atoms with Gasteiger partial charge in [-0.1, -0.05) is 26.8 Å². The number of amides is 1. The van der Waals surface area contributed by atoms with Crippen molar-refractivity contribution in [2.24, 2.45) is 23.2 Å². The Kier molecular flexibility index (Phi) is 2.96. The Hall–Kier alpha value is -0.990.